The minimum atomic E-state index is 0.0599. The number of aliphatic imine (C=N–C) groups is 1. The van der Waals surface area contributed by atoms with Crippen LogP contribution in [0.25, 0.3) is 0 Å². The summed E-state index contributed by atoms with van der Waals surface area (Å²) in [6.07, 6.45) is 5.31. The molecule has 0 aromatic heterocycles. The van der Waals surface area contributed by atoms with Crippen LogP contribution in [0, 0.1) is 5.92 Å². The maximum absolute atomic E-state index is 5.99. The maximum Gasteiger partial charge on any atom is 0.124 e. The average molecular weight is 364 g/mol. The van der Waals surface area contributed by atoms with Gasteiger partial charge in [-0.2, -0.15) is 0 Å². The molecule has 0 unspecified atom stereocenters. The van der Waals surface area contributed by atoms with E-state index in [9.17, 15) is 0 Å². The highest BCUT2D eigenvalue weighted by molar-refractivity contribution is 5.86. The van der Waals surface area contributed by atoms with Crippen LogP contribution in [0.1, 0.15) is 48.9 Å². The Bertz CT molecular complexity index is 752. The Morgan fingerprint density at radius 2 is 1.70 bits per heavy atom. The Morgan fingerprint density at radius 3 is 2.41 bits per heavy atom. The molecule has 1 saturated carbocycles. The Labute approximate surface area is 161 Å². The normalized spacial score (nSPS) is 22.5. The molecule has 4 nitrogen and oxygen atoms in total. The molecular formula is C23H28N2O2. The Hall–Kier alpha value is -2.33. The van der Waals surface area contributed by atoms with Gasteiger partial charge in [-0.15, -0.1) is 0 Å². The topological polar surface area (TPSA) is 42.8 Å². The van der Waals surface area contributed by atoms with Crippen molar-refractivity contribution in [2.75, 3.05) is 20.3 Å². The van der Waals surface area contributed by atoms with Gasteiger partial charge in [0.2, 0.25) is 0 Å². The van der Waals surface area contributed by atoms with Crippen LogP contribution < -0.4 is 10.1 Å². The predicted octanol–water partition coefficient (Wildman–Crippen LogP) is 4.69. The second-order valence-corrected chi connectivity index (χ2v) is 7.49. The van der Waals surface area contributed by atoms with Crippen molar-refractivity contribution < 1.29 is 9.47 Å². The third-order valence-corrected chi connectivity index (χ3v) is 5.62. The van der Waals surface area contributed by atoms with Crippen molar-refractivity contribution in [3.05, 3.63) is 65.7 Å². The van der Waals surface area contributed by atoms with Crippen molar-refractivity contribution in [2.45, 2.75) is 37.8 Å². The van der Waals surface area contributed by atoms with E-state index in [0.29, 0.717) is 6.61 Å². The first kappa shape index (κ1) is 18.1. The van der Waals surface area contributed by atoms with E-state index in [0.717, 1.165) is 24.1 Å². The van der Waals surface area contributed by atoms with Gasteiger partial charge in [-0.3, -0.25) is 4.99 Å². The van der Waals surface area contributed by atoms with Gasteiger partial charge in [0, 0.05) is 6.61 Å². The first-order valence-corrected chi connectivity index (χ1v) is 9.93. The van der Waals surface area contributed by atoms with E-state index in [4.69, 9.17) is 14.5 Å². The highest BCUT2D eigenvalue weighted by Crippen LogP contribution is 2.36. The molecule has 2 aromatic carbocycles. The molecule has 2 aromatic rings. The molecule has 0 spiro atoms. The van der Waals surface area contributed by atoms with Crippen LogP contribution in [0.4, 0.5) is 0 Å². The van der Waals surface area contributed by atoms with Crippen molar-refractivity contribution >= 4 is 5.84 Å². The Balaban J connectivity index is 1.47. The summed E-state index contributed by atoms with van der Waals surface area (Å²) in [5, 5.41) is 3.60. The van der Waals surface area contributed by atoms with Gasteiger partial charge in [-0.25, -0.2) is 0 Å². The van der Waals surface area contributed by atoms with Crippen LogP contribution in [0.15, 0.2) is 59.6 Å². The van der Waals surface area contributed by atoms with Gasteiger partial charge >= 0.3 is 0 Å². The second-order valence-electron chi connectivity index (χ2n) is 7.49. The van der Waals surface area contributed by atoms with E-state index in [1.54, 1.807) is 7.11 Å². The summed E-state index contributed by atoms with van der Waals surface area (Å²) in [7, 11) is 1.69. The third-order valence-electron chi connectivity index (χ3n) is 5.62. The molecule has 0 saturated heterocycles. The van der Waals surface area contributed by atoms with E-state index in [-0.39, 0.29) is 12.1 Å². The van der Waals surface area contributed by atoms with Gasteiger partial charge in [0.1, 0.15) is 24.2 Å². The lowest BCUT2D eigenvalue weighted by atomic mass is 9.95. The first-order valence-electron chi connectivity index (χ1n) is 9.93. The van der Waals surface area contributed by atoms with Crippen LogP contribution in [0.5, 0.6) is 5.75 Å². The van der Waals surface area contributed by atoms with Gasteiger partial charge in [-0.1, -0.05) is 55.3 Å². The SMILES string of the molecule is COc1ccc([C@H]2NC(COCC3CCCC3)=N[C@H]2c2ccccc2)cc1. The molecule has 1 aliphatic carbocycles. The smallest absolute Gasteiger partial charge is 0.124 e. The Morgan fingerprint density at radius 1 is 0.963 bits per heavy atom. The van der Waals surface area contributed by atoms with Crippen LogP contribution in [0.3, 0.4) is 0 Å². The van der Waals surface area contributed by atoms with Gasteiger partial charge in [0.05, 0.1) is 13.2 Å². The number of methoxy groups -OCH3 is 1. The van der Waals surface area contributed by atoms with E-state index in [1.165, 1.54) is 36.8 Å². The molecule has 4 rings (SSSR count). The fourth-order valence-corrected chi connectivity index (χ4v) is 4.11. The first-order chi connectivity index (χ1) is 13.3. The summed E-state index contributed by atoms with van der Waals surface area (Å²) in [6, 6.07) is 18.9. The number of hydrogen-bond acceptors (Lipinski definition) is 4. The van der Waals surface area contributed by atoms with Crippen LogP contribution in [0.2, 0.25) is 0 Å². The predicted molar refractivity (Wildman–Crippen MR) is 108 cm³/mol. The van der Waals surface area contributed by atoms with Gasteiger partial charge in [0.15, 0.2) is 0 Å². The standard InChI is InChI=1S/C23H28N2O2/c1-26-20-13-11-19(12-14-20)23-22(18-9-3-2-4-10-18)24-21(25-23)16-27-15-17-7-5-6-8-17/h2-4,9-14,17,22-23H,5-8,15-16H2,1H3,(H,24,25)/t22-,23+/m0/s1. The van der Waals surface area contributed by atoms with Crippen molar-refractivity contribution in [1.82, 2.24) is 5.32 Å². The van der Waals surface area contributed by atoms with E-state index in [2.05, 4.69) is 41.7 Å². The molecule has 0 radical (unpaired) electrons. The Kier molecular flexibility index (Phi) is 5.73. The number of amidine groups is 1. The molecule has 1 aliphatic heterocycles. The van der Waals surface area contributed by atoms with Crippen molar-refractivity contribution in [1.29, 1.82) is 0 Å². The van der Waals surface area contributed by atoms with E-state index in [1.807, 2.05) is 18.2 Å². The van der Waals surface area contributed by atoms with E-state index < -0.39 is 0 Å². The molecule has 2 atom stereocenters. The quantitative estimate of drug-likeness (QED) is 0.775. The van der Waals surface area contributed by atoms with Gasteiger partial charge < -0.3 is 14.8 Å². The summed E-state index contributed by atoms with van der Waals surface area (Å²) < 4.78 is 11.3. The number of nitrogens with zero attached hydrogens (tertiary/aromatic N) is 1. The molecule has 0 bridgehead atoms. The minimum Gasteiger partial charge on any atom is -0.497 e. The number of benzene rings is 2. The number of ether oxygens (including phenoxy) is 2. The number of rotatable bonds is 7. The fraction of sp³-hybridized carbons (Fsp3) is 0.435. The molecule has 1 heterocycles. The molecule has 1 fully saturated rings. The highest BCUT2D eigenvalue weighted by atomic mass is 16.5. The molecule has 1 N–H and O–H groups in total. The van der Waals surface area contributed by atoms with Crippen molar-refractivity contribution in [2.24, 2.45) is 10.9 Å². The fourth-order valence-electron chi connectivity index (χ4n) is 4.11. The van der Waals surface area contributed by atoms with E-state index >= 15 is 0 Å². The minimum absolute atomic E-state index is 0.0599. The second kappa shape index (κ2) is 8.57. The van der Waals surface area contributed by atoms with Crippen molar-refractivity contribution in [3.63, 3.8) is 0 Å². The summed E-state index contributed by atoms with van der Waals surface area (Å²) in [6.45, 7) is 1.41. The lowest BCUT2D eigenvalue weighted by molar-refractivity contribution is 0.131. The molecule has 142 valence electrons. The average Bonchev–Trinajstić information content (AvgIpc) is 3.39. The van der Waals surface area contributed by atoms with Crippen molar-refractivity contribution in [3.8, 4) is 5.75 Å². The molecular weight excluding hydrogens is 336 g/mol. The lowest BCUT2D eigenvalue weighted by Gasteiger charge is -2.20. The lowest BCUT2D eigenvalue weighted by Crippen LogP contribution is -2.28. The van der Waals surface area contributed by atoms with Gasteiger partial charge in [0.25, 0.3) is 0 Å². The molecule has 4 heteroatoms. The van der Waals surface area contributed by atoms with Gasteiger partial charge in [-0.05, 0) is 42.0 Å². The maximum atomic E-state index is 5.99. The third kappa shape index (κ3) is 4.33. The number of nitrogens with one attached hydrogen (secondary N) is 1. The number of hydrogen-bond donors (Lipinski definition) is 1. The summed E-state index contributed by atoms with van der Waals surface area (Å²) in [5.41, 5.74) is 2.43. The van der Waals surface area contributed by atoms with Crippen LogP contribution in [-0.2, 0) is 4.74 Å². The molecule has 0 amide bonds. The molecule has 27 heavy (non-hydrogen) atoms. The zero-order valence-electron chi connectivity index (χ0n) is 15.9. The zero-order valence-corrected chi connectivity index (χ0v) is 15.9. The van der Waals surface area contributed by atoms with Crippen LogP contribution in [-0.4, -0.2) is 26.2 Å². The monoisotopic (exact) mass is 364 g/mol. The summed E-state index contributed by atoms with van der Waals surface area (Å²) in [4.78, 5) is 4.97. The summed E-state index contributed by atoms with van der Waals surface area (Å²) >= 11 is 0. The highest BCUT2D eigenvalue weighted by Gasteiger charge is 2.31. The molecule has 2 aliphatic rings. The summed E-state index contributed by atoms with van der Waals surface area (Å²) in [5.74, 6) is 2.55. The largest absolute Gasteiger partial charge is 0.497 e. The van der Waals surface area contributed by atoms with Crippen LogP contribution >= 0.6 is 0 Å². The zero-order chi connectivity index (χ0) is 18.5.